The number of carbonyl (C=O) groups is 1. The van der Waals surface area contributed by atoms with Crippen molar-refractivity contribution in [3.05, 3.63) is 59.4 Å². The van der Waals surface area contributed by atoms with Crippen molar-refractivity contribution in [3.63, 3.8) is 0 Å². The smallest absolute Gasteiger partial charge is 0.264 e. The summed E-state index contributed by atoms with van der Waals surface area (Å²) in [6, 6.07) is 11.4. The first kappa shape index (κ1) is 20.6. The van der Waals surface area contributed by atoms with Crippen LogP contribution in [0.1, 0.15) is 0 Å². The number of piperazine rings is 1. The van der Waals surface area contributed by atoms with E-state index in [4.69, 9.17) is 11.6 Å². The number of sulfonamides is 1. The van der Waals surface area contributed by atoms with Gasteiger partial charge in [-0.05, 0) is 37.4 Å². The monoisotopic (exact) mass is 425 g/mol. The van der Waals surface area contributed by atoms with Gasteiger partial charge in [0, 0.05) is 26.2 Å². The second kappa shape index (κ2) is 8.46. The molecule has 0 aliphatic carbocycles. The molecular weight excluding hydrogens is 405 g/mol. The summed E-state index contributed by atoms with van der Waals surface area (Å²) in [5.41, 5.74) is 0.137. The van der Waals surface area contributed by atoms with E-state index < -0.39 is 15.8 Å². The van der Waals surface area contributed by atoms with Gasteiger partial charge in [-0.2, -0.15) is 0 Å². The van der Waals surface area contributed by atoms with Gasteiger partial charge in [-0.3, -0.25) is 9.10 Å². The minimum absolute atomic E-state index is 0.0432. The van der Waals surface area contributed by atoms with Crippen LogP contribution in [-0.2, 0) is 14.8 Å². The third-order valence-electron chi connectivity index (χ3n) is 4.66. The second-order valence-corrected chi connectivity index (χ2v) is 8.88. The molecule has 0 aromatic heterocycles. The van der Waals surface area contributed by atoms with Crippen LogP contribution in [0.3, 0.4) is 0 Å². The fourth-order valence-electron chi connectivity index (χ4n) is 2.95. The van der Waals surface area contributed by atoms with Gasteiger partial charge in [0.25, 0.3) is 10.0 Å². The highest BCUT2D eigenvalue weighted by Crippen LogP contribution is 2.28. The summed E-state index contributed by atoms with van der Waals surface area (Å²) in [6.07, 6.45) is 0. The molecule has 1 fully saturated rings. The zero-order valence-electron chi connectivity index (χ0n) is 15.4. The highest BCUT2D eigenvalue weighted by molar-refractivity contribution is 7.92. The number of likely N-dealkylation sites (N-methyl/N-ethyl adjacent to an activating group) is 1. The summed E-state index contributed by atoms with van der Waals surface area (Å²) in [6.45, 7) is 2.11. The van der Waals surface area contributed by atoms with Gasteiger partial charge in [-0.15, -0.1) is 0 Å². The molecule has 2 aromatic rings. The van der Waals surface area contributed by atoms with Crippen LogP contribution < -0.4 is 4.31 Å². The number of carbonyl (C=O) groups excluding carboxylic acids is 1. The van der Waals surface area contributed by atoms with Crippen LogP contribution in [0.5, 0.6) is 0 Å². The number of hydrogen-bond donors (Lipinski definition) is 0. The van der Waals surface area contributed by atoms with Crippen LogP contribution in [0, 0.1) is 5.82 Å². The van der Waals surface area contributed by atoms with Gasteiger partial charge in [-0.25, -0.2) is 12.8 Å². The minimum Gasteiger partial charge on any atom is -0.339 e. The summed E-state index contributed by atoms with van der Waals surface area (Å²) in [4.78, 5) is 16.6. The molecule has 0 unspecified atom stereocenters. The van der Waals surface area contributed by atoms with E-state index in [1.165, 1.54) is 24.3 Å². The normalized spacial score (nSPS) is 15.5. The van der Waals surface area contributed by atoms with Crippen molar-refractivity contribution in [2.75, 3.05) is 44.1 Å². The molecule has 9 heteroatoms. The number of nitrogens with zero attached hydrogens (tertiary/aromatic N) is 3. The lowest BCUT2D eigenvalue weighted by atomic mass is 10.3. The number of halogens is 2. The van der Waals surface area contributed by atoms with Crippen molar-refractivity contribution in [2.24, 2.45) is 0 Å². The zero-order chi connectivity index (χ0) is 20.3. The Morgan fingerprint density at radius 3 is 2.36 bits per heavy atom. The highest BCUT2D eigenvalue weighted by atomic mass is 35.5. The van der Waals surface area contributed by atoms with Crippen molar-refractivity contribution in [3.8, 4) is 0 Å². The molecule has 6 nitrogen and oxygen atoms in total. The second-order valence-electron chi connectivity index (χ2n) is 6.61. The van der Waals surface area contributed by atoms with E-state index in [2.05, 4.69) is 4.90 Å². The van der Waals surface area contributed by atoms with Gasteiger partial charge < -0.3 is 9.80 Å². The molecule has 1 saturated heterocycles. The Morgan fingerprint density at radius 2 is 1.75 bits per heavy atom. The maximum Gasteiger partial charge on any atom is 0.264 e. The molecule has 1 aliphatic heterocycles. The third-order valence-corrected chi connectivity index (χ3v) is 6.73. The molecule has 1 aliphatic rings. The van der Waals surface area contributed by atoms with E-state index in [1.807, 2.05) is 7.05 Å². The molecule has 2 aromatic carbocycles. The molecule has 1 amide bonds. The summed E-state index contributed by atoms with van der Waals surface area (Å²) in [5, 5.41) is -0.210. The van der Waals surface area contributed by atoms with Gasteiger partial charge in [0.05, 0.1) is 15.6 Å². The molecule has 0 saturated carbocycles. The van der Waals surface area contributed by atoms with Crippen molar-refractivity contribution in [1.82, 2.24) is 9.80 Å². The standard InChI is InChI=1S/C19H21ClFN3O3S/c1-22-9-11-23(12-10-22)19(25)14-24(15-7-8-18(21)17(20)13-15)28(26,27)16-5-3-2-4-6-16/h2-8,13H,9-12,14H2,1H3. The third kappa shape index (κ3) is 4.45. The molecule has 28 heavy (non-hydrogen) atoms. The Morgan fingerprint density at radius 1 is 1.11 bits per heavy atom. The summed E-state index contributed by atoms with van der Waals surface area (Å²) >= 11 is 5.86. The van der Waals surface area contributed by atoms with Crippen LogP contribution in [0.2, 0.25) is 5.02 Å². The Balaban J connectivity index is 1.95. The molecule has 150 valence electrons. The summed E-state index contributed by atoms with van der Waals surface area (Å²) in [5.74, 6) is -0.971. The summed E-state index contributed by atoms with van der Waals surface area (Å²) in [7, 11) is -2.07. The van der Waals surface area contributed by atoms with Gasteiger partial charge in [0.2, 0.25) is 5.91 Å². The van der Waals surface area contributed by atoms with Gasteiger partial charge in [0.1, 0.15) is 12.4 Å². The number of anilines is 1. The topological polar surface area (TPSA) is 60.9 Å². The van der Waals surface area contributed by atoms with Crippen molar-refractivity contribution in [2.45, 2.75) is 4.90 Å². The van der Waals surface area contributed by atoms with Gasteiger partial charge >= 0.3 is 0 Å². The van der Waals surface area contributed by atoms with Crippen molar-refractivity contribution >= 4 is 33.2 Å². The minimum atomic E-state index is -4.03. The molecule has 0 radical (unpaired) electrons. The van der Waals surface area contributed by atoms with E-state index in [0.717, 1.165) is 23.5 Å². The Bertz CT molecular complexity index is 948. The van der Waals surface area contributed by atoms with E-state index in [-0.39, 0.29) is 28.1 Å². The average Bonchev–Trinajstić information content (AvgIpc) is 2.69. The quantitative estimate of drug-likeness (QED) is 0.738. The van der Waals surface area contributed by atoms with Gasteiger partial charge in [-0.1, -0.05) is 29.8 Å². The first-order chi connectivity index (χ1) is 13.3. The van der Waals surface area contributed by atoms with E-state index in [9.17, 15) is 17.6 Å². The van der Waals surface area contributed by atoms with E-state index >= 15 is 0 Å². The van der Waals surface area contributed by atoms with Crippen LogP contribution in [-0.4, -0.2) is 63.9 Å². The predicted molar refractivity (Wildman–Crippen MR) is 106 cm³/mol. The van der Waals surface area contributed by atoms with Crippen LogP contribution >= 0.6 is 11.6 Å². The van der Waals surface area contributed by atoms with Crippen LogP contribution in [0.25, 0.3) is 0 Å². The lowest BCUT2D eigenvalue weighted by Gasteiger charge is -2.34. The molecule has 1 heterocycles. The lowest BCUT2D eigenvalue weighted by molar-refractivity contribution is -0.131. The Labute approximate surface area is 169 Å². The Kier molecular flexibility index (Phi) is 6.22. The number of rotatable bonds is 5. The van der Waals surface area contributed by atoms with Crippen molar-refractivity contribution < 1.29 is 17.6 Å². The predicted octanol–water partition coefficient (Wildman–Crippen LogP) is 2.45. The fraction of sp³-hybridized carbons (Fsp3) is 0.316. The fourth-order valence-corrected chi connectivity index (χ4v) is 4.56. The molecular formula is C19H21ClFN3O3S. The first-order valence-corrected chi connectivity index (χ1v) is 10.6. The van der Waals surface area contributed by atoms with Gasteiger partial charge in [0.15, 0.2) is 0 Å². The zero-order valence-corrected chi connectivity index (χ0v) is 17.0. The summed E-state index contributed by atoms with van der Waals surface area (Å²) < 4.78 is 41.0. The van der Waals surface area contributed by atoms with Crippen molar-refractivity contribution in [1.29, 1.82) is 0 Å². The molecule has 0 bridgehead atoms. The van der Waals surface area contributed by atoms with Crippen LogP contribution in [0.15, 0.2) is 53.4 Å². The average molecular weight is 426 g/mol. The maximum atomic E-state index is 13.6. The molecule has 0 N–H and O–H groups in total. The maximum absolute atomic E-state index is 13.6. The van der Waals surface area contributed by atoms with E-state index in [1.54, 1.807) is 23.1 Å². The Hall–Kier alpha value is -2.16. The van der Waals surface area contributed by atoms with Crippen LogP contribution in [0.4, 0.5) is 10.1 Å². The number of amides is 1. The number of benzene rings is 2. The SMILES string of the molecule is CN1CCN(C(=O)CN(c2ccc(F)c(Cl)c2)S(=O)(=O)c2ccccc2)CC1. The van der Waals surface area contributed by atoms with E-state index in [0.29, 0.717) is 13.1 Å². The highest BCUT2D eigenvalue weighted by Gasteiger charge is 2.30. The molecule has 3 rings (SSSR count). The first-order valence-electron chi connectivity index (χ1n) is 8.78. The largest absolute Gasteiger partial charge is 0.339 e. The number of hydrogen-bond acceptors (Lipinski definition) is 4. The molecule has 0 spiro atoms. The lowest BCUT2D eigenvalue weighted by Crippen LogP contribution is -2.50. The molecule has 0 atom stereocenters.